The first-order valence-corrected chi connectivity index (χ1v) is 6.20. The summed E-state index contributed by atoms with van der Waals surface area (Å²) in [6.45, 7) is 0. The fraction of sp³-hybridized carbons (Fsp3) is 0. The summed E-state index contributed by atoms with van der Waals surface area (Å²) in [7, 11) is 0. The summed E-state index contributed by atoms with van der Waals surface area (Å²) >= 11 is 1.57. The topological polar surface area (TPSA) is 68.9 Å². The first-order chi connectivity index (χ1) is 8.74. The van der Waals surface area contributed by atoms with Gasteiger partial charge in [0.05, 0.1) is 21.5 Å². The molecule has 0 bridgehead atoms. The molecule has 1 amide bonds. The number of primary amides is 1. The standard InChI is InChI=1S/C13H9N3OS/c14-13(17)10-4-9-3-8(12-6-15-7-18-12)1-2-11(9)16-5-10/h1-7H,(H2,14,17). The fourth-order valence-corrected chi connectivity index (χ4v) is 2.40. The lowest BCUT2D eigenvalue weighted by molar-refractivity contribution is 0.1000. The van der Waals surface area contributed by atoms with Crippen LogP contribution in [0.2, 0.25) is 0 Å². The lowest BCUT2D eigenvalue weighted by atomic mass is 10.1. The van der Waals surface area contributed by atoms with Crippen molar-refractivity contribution in [3.8, 4) is 10.4 Å². The van der Waals surface area contributed by atoms with Crippen molar-refractivity contribution in [3.63, 3.8) is 0 Å². The maximum absolute atomic E-state index is 11.1. The van der Waals surface area contributed by atoms with Gasteiger partial charge in [-0.25, -0.2) is 0 Å². The SMILES string of the molecule is NC(=O)c1cnc2ccc(-c3cncs3)cc2c1. The Morgan fingerprint density at radius 3 is 2.83 bits per heavy atom. The van der Waals surface area contributed by atoms with E-state index >= 15 is 0 Å². The Labute approximate surface area is 107 Å². The molecule has 0 saturated heterocycles. The summed E-state index contributed by atoms with van der Waals surface area (Å²) < 4.78 is 0. The van der Waals surface area contributed by atoms with Crippen LogP contribution in [0.4, 0.5) is 0 Å². The van der Waals surface area contributed by atoms with Crippen LogP contribution < -0.4 is 5.73 Å². The summed E-state index contributed by atoms with van der Waals surface area (Å²) in [5, 5.41) is 0.900. The smallest absolute Gasteiger partial charge is 0.250 e. The zero-order chi connectivity index (χ0) is 12.5. The number of carbonyl (C=O) groups excluding carboxylic acids is 1. The zero-order valence-corrected chi connectivity index (χ0v) is 10.1. The van der Waals surface area contributed by atoms with Crippen LogP contribution in [-0.4, -0.2) is 15.9 Å². The lowest BCUT2D eigenvalue weighted by Crippen LogP contribution is -2.10. The first kappa shape index (κ1) is 10.9. The van der Waals surface area contributed by atoms with Gasteiger partial charge in [-0.15, -0.1) is 11.3 Å². The molecule has 1 aromatic carbocycles. The number of pyridine rings is 1. The van der Waals surface area contributed by atoms with Gasteiger partial charge in [0.15, 0.2) is 0 Å². The van der Waals surface area contributed by atoms with E-state index in [0.717, 1.165) is 21.3 Å². The fourth-order valence-electron chi connectivity index (χ4n) is 1.78. The summed E-state index contributed by atoms with van der Waals surface area (Å²) in [4.78, 5) is 20.5. The van der Waals surface area contributed by atoms with Gasteiger partial charge in [-0.1, -0.05) is 6.07 Å². The quantitative estimate of drug-likeness (QED) is 0.764. The van der Waals surface area contributed by atoms with Crippen molar-refractivity contribution in [3.05, 3.63) is 47.7 Å². The normalized spacial score (nSPS) is 10.7. The molecule has 0 aliphatic rings. The second-order valence-corrected chi connectivity index (χ2v) is 4.75. The number of nitrogens with two attached hydrogens (primary N) is 1. The van der Waals surface area contributed by atoms with E-state index in [1.807, 2.05) is 24.4 Å². The number of benzene rings is 1. The minimum absolute atomic E-state index is 0.420. The van der Waals surface area contributed by atoms with Crippen molar-refractivity contribution in [2.45, 2.75) is 0 Å². The highest BCUT2D eigenvalue weighted by Crippen LogP contribution is 2.26. The second kappa shape index (κ2) is 4.19. The van der Waals surface area contributed by atoms with E-state index in [1.165, 1.54) is 6.20 Å². The lowest BCUT2D eigenvalue weighted by Gasteiger charge is -2.02. The molecule has 0 aliphatic heterocycles. The number of amides is 1. The van der Waals surface area contributed by atoms with Crippen LogP contribution in [0.15, 0.2) is 42.2 Å². The number of carbonyl (C=O) groups is 1. The minimum Gasteiger partial charge on any atom is -0.366 e. The molecule has 0 unspecified atom stereocenters. The second-order valence-electron chi connectivity index (χ2n) is 3.86. The highest BCUT2D eigenvalue weighted by molar-refractivity contribution is 7.13. The third-order valence-electron chi connectivity index (χ3n) is 2.68. The predicted octanol–water partition coefficient (Wildman–Crippen LogP) is 2.46. The summed E-state index contributed by atoms with van der Waals surface area (Å²) in [6, 6.07) is 7.67. The van der Waals surface area contributed by atoms with Crippen molar-refractivity contribution >= 4 is 28.1 Å². The highest BCUT2D eigenvalue weighted by Gasteiger charge is 2.05. The van der Waals surface area contributed by atoms with E-state index in [-0.39, 0.29) is 0 Å². The number of thiazole rings is 1. The number of fused-ring (bicyclic) bond motifs is 1. The molecular weight excluding hydrogens is 246 g/mol. The molecule has 0 saturated carbocycles. The molecule has 2 N–H and O–H groups in total. The molecule has 18 heavy (non-hydrogen) atoms. The molecule has 0 aliphatic carbocycles. The Balaban J connectivity index is 2.18. The van der Waals surface area contributed by atoms with E-state index in [0.29, 0.717) is 5.56 Å². The molecule has 2 heterocycles. The van der Waals surface area contributed by atoms with Gasteiger partial charge in [-0.05, 0) is 23.8 Å². The summed E-state index contributed by atoms with van der Waals surface area (Å²) in [5.74, 6) is -0.465. The summed E-state index contributed by atoms with van der Waals surface area (Å²) in [5.41, 5.74) is 9.36. The maximum atomic E-state index is 11.1. The molecule has 0 fully saturated rings. The predicted molar refractivity (Wildman–Crippen MR) is 71.4 cm³/mol. The highest BCUT2D eigenvalue weighted by atomic mass is 32.1. The Kier molecular flexibility index (Phi) is 2.53. The molecule has 2 aromatic heterocycles. The maximum Gasteiger partial charge on any atom is 0.250 e. The number of aromatic nitrogens is 2. The molecule has 0 radical (unpaired) electrons. The average molecular weight is 255 g/mol. The van der Waals surface area contributed by atoms with E-state index in [4.69, 9.17) is 5.73 Å². The van der Waals surface area contributed by atoms with Crippen LogP contribution in [-0.2, 0) is 0 Å². The average Bonchev–Trinajstić information content (AvgIpc) is 2.91. The molecule has 0 atom stereocenters. The van der Waals surface area contributed by atoms with E-state index in [1.54, 1.807) is 22.9 Å². The van der Waals surface area contributed by atoms with E-state index < -0.39 is 5.91 Å². The summed E-state index contributed by atoms with van der Waals surface area (Å²) in [6.07, 6.45) is 3.31. The largest absolute Gasteiger partial charge is 0.366 e. The van der Waals surface area contributed by atoms with Gasteiger partial charge in [0.1, 0.15) is 0 Å². The molecule has 3 rings (SSSR count). The Morgan fingerprint density at radius 1 is 1.22 bits per heavy atom. The number of hydrogen-bond donors (Lipinski definition) is 1. The molecule has 3 aromatic rings. The van der Waals surface area contributed by atoms with Gasteiger partial charge < -0.3 is 5.73 Å². The zero-order valence-electron chi connectivity index (χ0n) is 9.33. The molecular formula is C13H9N3OS. The molecule has 5 heteroatoms. The van der Waals surface area contributed by atoms with Crippen LogP contribution >= 0.6 is 11.3 Å². The van der Waals surface area contributed by atoms with Gasteiger partial charge in [0, 0.05) is 17.8 Å². The van der Waals surface area contributed by atoms with Crippen LogP contribution in [0, 0.1) is 0 Å². The third kappa shape index (κ3) is 1.84. The Bertz CT molecular complexity index is 722. The monoisotopic (exact) mass is 255 g/mol. The van der Waals surface area contributed by atoms with Crippen LogP contribution in [0.3, 0.4) is 0 Å². The van der Waals surface area contributed by atoms with Crippen molar-refractivity contribution < 1.29 is 4.79 Å². The number of hydrogen-bond acceptors (Lipinski definition) is 4. The van der Waals surface area contributed by atoms with E-state index in [2.05, 4.69) is 9.97 Å². The third-order valence-corrected chi connectivity index (χ3v) is 3.50. The molecule has 0 spiro atoms. The van der Waals surface area contributed by atoms with Crippen LogP contribution in [0.1, 0.15) is 10.4 Å². The van der Waals surface area contributed by atoms with Crippen molar-refractivity contribution in [1.29, 1.82) is 0 Å². The van der Waals surface area contributed by atoms with Crippen molar-refractivity contribution in [2.24, 2.45) is 5.73 Å². The Morgan fingerprint density at radius 2 is 2.11 bits per heavy atom. The number of nitrogens with zero attached hydrogens (tertiary/aromatic N) is 2. The van der Waals surface area contributed by atoms with Crippen molar-refractivity contribution in [2.75, 3.05) is 0 Å². The van der Waals surface area contributed by atoms with Gasteiger partial charge >= 0.3 is 0 Å². The molecule has 88 valence electrons. The van der Waals surface area contributed by atoms with Gasteiger partial charge in [-0.2, -0.15) is 0 Å². The van der Waals surface area contributed by atoms with Gasteiger partial charge in [0.25, 0.3) is 0 Å². The van der Waals surface area contributed by atoms with E-state index in [9.17, 15) is 4.79 Å². The first-order valence-electron chi connectivity index (χ1n) is 5.32. The van der Waals surface area contributed by atoms with Gasteiger partial charge in [-0.3, -0.25) is 14.8 Å². The molecule has 4 nitrogen and oxygen atoms in total. The number of rotatable bonds is 2. The van der Waals surface area contributed by atoms with Crippen molar-refractivity contribution in [1.82, 2.24) is 9.97 Å². The van der Waals surface area contributed by atoms with Crippen LogP contribution in [0.5, 0.6) is 0 Å². The van der Waals surface area contributed by atoms with Gasteiger partial charge in [0.2, 0.25) is 5.91 Å². The van der Waals surface area contributed by atoms with Crippen LogP contribution in [0.25, 0.3) is 21.3 Å². The Hall–Kier alpha value is -2.27. The minimum atomic E-state index is -0.465.